The first-order valence-electron chi connectivity index (χ1n) is 5.93. The molecule has 1 unspecified atom stereocenters. The number of nitrogens with zero attached hydrogens (tertiary/aromatic N) is 2. The lowest BCUT2D eigenvalue weighted by molar-refractivity contribution is 0.178. The second kappa shape index (κ2) is 6.32. The molecule has 1 N–H and O–H groups in total. The van der Waals surface area contributed by atoms with E-state index in [1.165, 1.54) is 9.75 Å². The quantitative estimate of drug-likeness (QED) is 0.852. The zero-order valence-electron chi connectivity index (χ0n) is 11.1. The van der Waals surface area contributed by atoms with E-state index >= 15 is 0 Å². The van der Waals surface area contributed by atoms with Crippen molar-refractivity contribution in [2.45, 2.75) is 26.5 Å². The first-order valence-corrected chi connectivity index (χ1v) is 7.13. The highest BCUT2D eigenvalue weighted by Gasteiger charge is 2.10. The van der Waals surface area contributed by atoms with Gasteiger partial charge in [-0.25, -0.2) is 9.97 Å². The number of hydrogen-bond acceptors (Lipinski definition) is 5. The predicted octanol–water partition coefficient (Wildman–Crippen LogP) is 3.82. The van der Waals surface area contributed by atoms with E-state index in [0.717, 1.165) is 0 Å². The van der Waals surface area contributed by atoms with Gasteiger partial charge in [0.2, 0.25) is 0 Å². The molecule has 0 aromatic carbocycles. The first-order chi connectivity index (χ1) is 9.08. The van der Waals surface area contributed by atoms with E-state index in [-0.39, 0.29) is 6.04 Å². The van der Waals surface area contributed by atoms with Crippen LogP contribution in [0.5, 0.6) is 0 Å². The molecule has 1 atom stereocenters. The van der Waals surface area contributed by atoms with Crippen LogP contribution < -0.4 is 5.32 Å². The van der Waals surface area contributed by atoms with E-state index in [4.69, 9.17) is 16.3 Å². The average molecular weight is 298 g/mol. The van der Waals surface area contributed by atoms with Crippen LogP contribution in [-0.4, -0.2) is 17.1 Å². The van der Waals surface area contributed by atoms with Crippen molar-refractivity contribution >= 4 is 28.8 Å². The molecule has 2 heterocycles. The molecule has 0 bridgehead atoms. The molecule has 4 nitrogen and oxygen atoms in total. The lowest BCUT2D eigenvalue weighted by atomic mass is 10.2. The summed E-state index contributed by atoms with van der Waals surface area (Å²) in [6.07, 6.45) is 0. The van der Waals surface area contributed by atoms with Gasteiger partial charge in [0, 0.05) is 22.9 Å². The van der Waals surface area contributed by atoms with Crippen molar-refractivity contribution < 1.29 is 4.74 Å². The largest absolute Gasteiger partial charge is 0.377 e. The smallest absolute Gasteiger partial charge is 0.158 e. The van der Waals surface area contributed by atoms with E-state index in [1.54, 1.807) is 24.5 Å². The van der Waals surface area contributed by atoms with Gasteiger partial charge in [-0.2, -0.15) is 0 Å². The Kier molecular flexibility index (Phi) is 4.74. The molecule has 19 heavy (non-hydrogen) atoms. The SMILES string of the molecule is COCc1nc(Cl)cc(NC(C)c2ccc(C)s2)n1. The molecule has 0 spiro atoms. The Bertz CT molecular complexity index is 559. The van der Waals surface area contributed by atoms with Gasteiger partial charge in [-0.15, -0.1) is 11.3 Å². The van der Waals surface area contributed by atoms with Gasteiger partial charge in [-0.3, -0.25) is 0 Å². The fourth-order valence-electron chi connectivity index (χ4n) is 1.71. The van der Waals surface area contributed by atoms with Crippen molar-refractivity contribution in [3.05, 3.63) is 38.9 Å². The van der Waals surface area contributed by atoms with Crippen molar-refractivity contribution in [1.82, 2.24) is 9.97 Å². The Labute approximate surface area is 121 Å². The van der Waals surface area contributed by atoms with Gasteiger partial charge in [-0.1, -0.05) is 11.6 Å². The summed E-state index contributed by atoms with van der Waals surface area (Å²) >= 11 is 7.75. The van der Waals surface area contributed by atoms with Gasteiger partial charge >= 0.3 is 0 Å². The number of methoxy groups -OCH3 is 1. The molecule has 102 valence electrons. The number of anilines is 1. The zero-order chi connectivity index (χ0) is 13.8. The van der Waals surface area contributed by atoms with Gasteiger partial charge in [0.05, 0.1) is 6.04 Å². The standard InChI is InChI=1S/C13H16ClN3OS/c1-8-4-5-10(19-8)9(2)15-12-6-11(14)16-13(17-12)7-18-3/h4-6,9H,7H2,1-3H3,(H,15,16,17). The van der Waals surface area contributed by atoms with Crippen LogP contribution in [0.1, 0.15) is 28.5 Å². The number of aryl methyl sites for hydroxylation is 1. The van der Waals surface area contributed by atoms with E-state index < -0.39 is 0 Å². The van der Waals surface area contributed by atoms with Crippen LogP contribution in [0.15, 0.2) is 18.2 Å². The van der Waals surface area contributed by atoms with Crippen LogP contribution in [0, 0.1) is 6.92 Å². The van der Waals surface area contributed by atoms with Crippen LogP contribution in [0.2, 0.25) is 5.15 Å². The first kappa shape index (κ1) is 14.2. The molecule has 6 heteroatoms. The monoisotopic (exact) mass is 297 g/mol. The molecule has 0 fully saturated rings. The molecule has 0 aliphatic carbocycles. The third-order valence-electron chi connectivity index (χ3n) is 2.57. The van der Waals surface area contributed by atoms with Crippen LogP contribution in [0.3, 0.4) is 0 Å². The molecule has 0 saturated carbocycles. The van der Waals surface area contributed by atoms with Crippen LogP contribution >= 0.6 is 22.9 Å². The minimum absolute atomic E-state index is 0.181. The lowest BCUT2D eigenvalue weighted by Gasteiger charge is -2.13. The van der Waals surface area contributed by atoms with Gasteiger partial charge < -0.3 is 10.1 Å². The molecular weight excluding hydrogens is 282 g/mol. The van der Waals surface area contributed by atoms with E-state index in [0.29, 0.717) is 23.4 Å². The van der Waals surface area contributed by atoms with Crippen molar-refractivity contribution in [2.75, 3.05) is 12.4 Å². The molecule has 0 radical (unpaired) electrons. The van der Waals surface area contributed by atoms with Gasteiger partial charge in [0.15, 0.2) is 5.82 Å². The van der Waals surface area contributed by atoms with E-state index in [9.17, 15) is 0 Å². The number of halogens is 1. The molecule has 0 aliphatic heterocycles. The van der Waals surface area contributed by atoms with Gasteiger partial charge in [0.1, 0.15) is 17.6 Å². The van der Waals surface area contributed by atoms with Crippen molar-refractivity contribution in [1.29, 1.82) is 0 Å². The number of aromatic nitrogens is 2. The maximum Gasteiger partial charge on any atom is 0.158 e. The Morgan fingerprint density at radius 3 is 2.84 bits per heavy atom. The summed E-state index contributed by atoms with van der Waals surface area (Å²) in [7, 11) is 1.61. The highest BCUT2D eigenvalue weighted by Crippen LogP contribution is 2.25. The molecular formula is C13H16ClN3OS. The fraction of sp³-hybridized carbons (Fsp3) is 0.385. The number of thiophene rings is 1. The Balaban J connectivity index is 2.14. The summed E-state index contributed by atoms with van der Waals surface area (Å²) in [6.45, 7) is 4.54. The maximum atomic E-state index is 5.98. The van der Waals surface area contributed by atoms with Crippen LogP contribution in [0.25, 0.3) is 0 Å². The summed E-state index contributed by atoms with van der Waals surface area (Å²) in [5, 5.41) is 3.75. The normalized spacial score (nSPS) is 12.4. The number of hydrogen-bond donors (Lipinski definition) is 1. The maximum absolute atomic E-state index is 5.98. The molecule has 2 rings (SSSR count). The molecule has 0 amide bonds. The molecule has 0 aliphatic rings. The van der Waals surface area contributed by atoms with Crippen molar-refractivity contribution in [3.63, 3.8) is 0 Å². The predicted molar refractivity (Wildman–Crippen MR) is 78.8 cm³/mol. The fourth-order valence-corrected chi connectivity index (χ4v) is 2.79. The topological polar surface area (TPSA) is 47.0 Å². The highest BCUT2D eigenvalue weighted by atomic mass is 35.5. The van der Waals surface area contributed by atoms with Crippen molar-refractivity contribution in [3.8, 4) is 0 Å². The van der Waals surface area contributed by atoms with E-state index in [2.05, 4.69) is 41.3 Å². The summed E-state index contributed by atoms with van der Waals surface area (Å²) < 4.78 is 5.02. The Morgan fingerprint density at radius 1 is 1.42 bits per heavy atom. The minimum atomic E-state index is 0.181. The zero-order valence-corrected chi connectivity index (χ0v) is 12.7. The summed E-state index contributed by atoms with van der Waals surface area (Å²) in [5.41, 5.74) is 0. The molecule has 2 aromatic heterocycles. The van der Waals surface area contributed by atoms with E-state index in [1.807, 2.05) is 0 Å². The summed E-state index contributed by atoms with van der Waals surface area (Å²) in [4.78, 5) is 11.0. The summed E-state index contributed by atoms with van der Waals surface area (Å²) in [5.74, 6) is 1.29. The summed E-state index contributed by atoms with van der Waals surface area (Å²) in [6, 6.07) is 6.13. The second-order valence-corrected chi connectivity index (χ2v) is 5.95. The highest BCUT2D eigenvalue weighted by molar-refractivity contribution is 7.12. The number of nitrogens with one attached hydrogen (secondary N) is 1. The van der Waals surface area contributed by atoms with Crippen LogP contribution in [-0.2, 0) is 11.3 Å². The number of ether oxygens (including phenoxy) is 1. The Hall–Kier alpha value is -1.17. The third kappa shape index (κ3) is 3.89. The van der Waals surface area contributed by atoms with Gasteiger partial charge in [0.25, 0.3) is 0 Å². The average Bonchev–Trinajstić information content (AvgIpc) is 2.75. The lowest BCUT2D eigenvalue weighted by Crippen LogP contribution is -2.08. The number of rotatable bonds is 5. The van der Waals surface area contributed by atoms with Gasteiger partial charge in [-0.05, 0) is 26.0 Å². The molecule has 2 aromatic rings. The Morgan fingerprint density at radius 2 is 2.21 bits per heavy atom. The second-order valence-electron chi connectivity index (χ2n) is 4.24. The van der Waals surface area contributed by atoms with Crippen molar-refractivity contribution in [2.24, 2.45) is 0 Å². The van der Waals surface area contributed by atoms with Crippen LogP contribution in [0.4, 0.5) is 5.82 Å². The third-order valence-corrected chi connectivity index (χ3v) is 3.94. The molecule has 0 saturated heterocycles. The minimum Gasteiger partial charge on any atom is -0.377 e.